The molecule has 0 bridgehead atoms. The highest BCUT2D eigenvalue weighted by molar-refractivity contribution is 5.80. The van der Waals surface area contributed by atoms with Crippen molar-refractivity contribution >= 4 is 5.91 Å². The number of benzene rings is 1. The first-order valence-corrected chi connectivity index (χ1v) is 4.72. The number of hydrogen-bond acceptors (Lipinski definition) is 3. The third-order valence-corrected chi connectivity index (χ3v) is 1.59. The van der Waals surface area contributed by atoms with E-state index in [1.165, 1.54) is 19.1 Å². The minimum Gasteiger partial charge on any atom is -0.351 e. The number of hydrogen-bond donors (Lipinski definition) is 0. The summed E-state index contributed by atoms with van der Waals surface area (Å²) in [6.07, 6.45) is -5.05. The lowest BCUT2D eigenvalue weighted by molar-refractivity contribution is -0.315. The van der Waals surface area contributed by atoms with Gasteiger partial charge in [0.15, 0.2) is 5.75 Å². The summed E-state index contributed by atoms with van der Waals surface area (Å²) in [6.45, 7) is 1.31. The molecule has 0 aliphatic heterocycles. The maximum Gasteiger partial charge on any atom is 0.477 e. The van der Waals surface area contributed by atoms with Gasteiger partial charge in [-0.05, 0) is 24.3 Å². The van der Waals surface area contributed by atoms with Crippen LogP contribution in [0.25, 0.3) is 0 Å². The van der Waals surface area contributed by atoms with Crippen molar-refractivity contribution in [3.63, 3.8) is 0 Å². The quantitative estimate of drug-likeness (QED) is 0.769. The zero-order valence-corrected chi connectivity index (χ0v) is 8.90. The summed E-state index contributed by atoms with van der Waals surface area (Å²) in [7, 11) is 0. The van der Waals surface area contributed by atoms with Gasteiger partial charge >= 0.3 is 12.1 Å². The Morgan fingerprint density at radius 1 is 1.29 bits per heavy atom. The number of hydroxylamine groups is 2. The van der Waals surface area contributed by atoms with E-state index < -0.39 is 12.1 Å². The second kappa shape index (κ2) is 5.53. The normalized spacial score (nSPS) is 11.1. The zero-order valence-electron chi connectivity index (χ0n) is 8.90. The largest absolute Gasteiger partial charge is 0.477 e. The SMILES string of the molecule is CCON(Oc1ccccc1)C(=O)C(F)(F)F. The van der Waals surface area contributed by atoms with Crippen LogP contribution >= 0.6 is 0 Å². The Bertz CT molecular complexity index is 367. The molecule has 0 aliphatic rings. The number of para-hydroxylation sites is 1. The monoisotopic (exact) mass is 249 g/mol. The van der Waals surface area contributed by atoms with Crippen molar-refractivity contribution in [2.24, 2.45) is 0 Å². The van der Waals surface area contributed by atoms with Gasteiger partial charge in [0.05, 0.1) is 6.61 Å². The van der Waals surface area contributed by atoms with Crippen LogP contribution in [0.1, 0.15) is 6.92 Å². The fourth-order valence-electron chi connectivity index (χ4n) is 0.924. The zero-order chi connectivity index (χ0) is 12.9. The van der Waals surface area contributed by atoms with E-state index in [4.69, 9.17) is 0 Å². The van der Waals surface area contributed by atoms with Crippen LogP contribution in [0.2, 0.25) is 0 Å². The van der Waals surface area contributed by atoms with Crippen molar-refractivity contribution in [3.05, 3.63) is 30.3 Å². The van der Waals surface area contributed by atoms with Crippen LogP contribution < -0.4 is 4.84 Å². The molecule has 0 heterocycles. The molecule has 0 radical (unpaired) electrons. The molecule has 4 nitrogen and oxygen atoms in total. The van der Waals surface area contributed by atoms with E-state index in [0.29, 0.717) is 0 Å². The summed E-state index contributed by atoms with van der Waals surface area (Å²) in [4.78, 5) is 20.1. The Morgan fingerprint density at radius 3 is 2.35 bits per heavy atom. The molecule has 1 rings (SSSR count). The van der Waals surface area contributed by atoms with Crippen LogP contribution in [-0.2, 0) is 9.63 Å². The third kappa shape index (κ3) is 3.95. The molecule has 0 atom stereocenters. The summed E-state index contributed by atoms with van der Waals surface area (Å²) in [5.74, 6) is -2.15. The highest BCUT2D eigenvalue weighted by atomic mass is 19.4. The number of carbonyl (C=O) groups is 1. The number of carbonyl (C=O) groups excluding carboxylic acids is 1. The molecule has 0 fully saturated rings. The van der Waals surface area contributed by atoms with E-state index in [1.54, 1.807) is 18.2 Å². The topological polar surface area (TPSA) is 38.8 Å². The Labute approximate surface area is 95.4 Å². The van der Waals surface area contributed by atoms with Gasteiger partial charge in [-0.25, -0.2) is 4.84 Å². The summed E-state index contributed by atoms with van der Waals surface area (Å²) in [5.41, 5.74) is 0. The Morgan fingerprint density at radius 2 is 1.88 bits per heavy atom. The standard InChI is InChI=1S/C10H10F3NO3/c1-2-16-14(9(15)10(11,12)13)17-8-6-4-3-5-7-8/h3-7H,2H2,1H3. The molecule has 0 aliphatic carbocycles. The second-order valence-corrected chi connectivity index (χ2v) is 2.88. The second-order valence-electron chi connectivity index (χ2n) is 2.88. The molecule has 1 amide bonds. The lowest BCUT2D eigenvalue weighted by Crippen LogP contribution is -2.43. The van der Waals surface area contributed by atoms with Crippen molar-refractivity contribution in [2.75, 3.05) is 6.61 Å². The first kappa shape index (κ1) is 13.3. The van der Waals surface area contributed by atoms with Gasteiger partial charge in [-0.15, -0.1) is 0 Å². The van der Waals surface area contributed by atoms with Crippen LogP contribution in [0.15, 0.2) is 30.3 Å². The molecule has 0 saturated carbocycles. The van der Waals surface area contributed by atoms with Crippen molar-refractivity contribution in [1.82, 2.24) is 5.23 Å². The summed E-state index contributed by atoms with van der Waals surface area (Å²) >= 11 is 0. The average Bonchev–Trinajstić information content (AvgIpc) is 2.28. The number of halogens is 3. The third-order valence-electron chi connectivity index (χ3n) is 1.59. The fourth-order valence-corrected chi connectivity index (χ4v) is 0.924. The highest BCUT2D eigenvalue weighted by Crippen LogP contribution is 2.20. The Hall–Kier alpha value is -1.76. The molecule has 1 aromatic rings. The molecule has 94 valence electrons. The molecule has 17 heavy (non-hydrogen) atoms. The number of nitrogens with zero attached hydrogens (tertiary/aromatic N) is 1. The lowest BCUT2D eigenvalue weighted by atomic mass is 10.3. The van der Waals surface area contributed by atoms with Crippen molar-refractivity contribution in [2.45, 2.75) is 13.1 Å². The van der Waals surface area contributed by atoms with Gasteiger partial charge in [-0.2, -0.15) is 13.2 Å². The Balaban J connectivity index is 2.77. The lowest BCUT2D eigenvalue weighted by Gasteiger charge is -2.21. The summed E-state index contributed by atoms with van der Waals surface area (Å²) in [6, 6.07) is 7.56. The van der Waals surface area contributed by atoms with Gasteiger partial charge in [-0.1, -0.05) is 18.2 Å². The smallest absolute Gasteiger partial charge is 0.351 e. The summed E-state index contributed by atoms with van der Waals surface area (Å²) < 4.78 is 36.5. The van der Waals surface area contributed by atoms with E-state index in [2.05, 4.69) is 9.68 Å². The van der Waals surface area contributed by atoms with E-state index in [9.17, 15) is 18.0 Å². The maximum atomic E-state index is 12.2. The van der Waals surface area contributed by atoms with Gasteiger partial charge in [0, 0.05) is 0 Å². The van der Waals surface area contributed by atoms with Crippen LogP contribution in [0, 0.1) is 0 Å². The number of rotatable bonds is 4. The Kier molecular flexibility index (Phi) is 4.33. The van der Waals surface area contributed by atoms with E-state index in [-0.39, 0.29) is 17.6 Å². The molecular formula is C10H10F3NO3. The molecule has 7 heteroatoms. The van der Waals surface area contributed by atoms with E-state index >= 15 is 0 Å². The average molecular weight is 249 g/mol. The van der Waals surface area contributed by atoms with Crippen molar-refractivity contribution < 1.29 is 27.6 Å². The van der Waals surface area contributed by atoms with Gasteiger partial charge < -0.3 is 4.84 Å². The molecule has 0 N–H and O–H groups in total. The van der Waals surface area contributed by atoms with E-state index in [1.807, 2.05) is 0 Å². The molecule has 0 saturated heterocycles. The molecule has 0 aromatic heterocycles. The minimum absolute atomic E-state index is 0.0681. The maximum absolute atomic E-state index is 12.2. The molecule has 0 unspecified atom stereocenters. The highest BCUT2D eigenvalue weighted by Gasteiger charge is 2.45. The first-order valence-electron chi connectivity index (χ1n) is 4.72. The van der Waals surface area contributed by atoms with Crippen LogP contribution in [0.5, 0.6) is 5.75 Å². The van der Waals surface area contributed by atoms with E-state index in [0.717, 1.165) is 0 Å². The predicted molar refractivity (Wildman–Crippen MR) is 51.6 cm³/mol. The van der Waals surface area contributed by atoms with Crippen LogP contribution in [0.3, 0.4) is 0 Å². The minimum atomic E-state index is -5.05. The number of alkyl halides is 3. The first-order chi connectivity index (χ1) is 7.95. The van der Waals surface area contributed by atoms with Gasteiger partial charge in [0.25, 0.3) is 0 Å². The van der Waals surface area contributed by atoms with Crippen LogP contribution in [-0.4, -0.2) is 23.9 Å². The number of amides is 1. The predicted octanol–water partition coefficient (Wildman–Crippen LogP) is 2.32. The molecule has 0 spiro atoms. The van der Waals surface area contributed by atoms with Gasteiger partial charge in [-0.3, -0.25) is 4.79 Å². The van der Waals surface area contributed by atoms with Crippen molar-refractivity contribution in [3.8, 4) is 5.75 Å². The summed E-state index contributed by atoms with van der Waals surface area (Å²) in [5, 5.41) is -0.171. The molecule has 1 aromatic carbocycles. The van der Waals surface area contributed by atoms with Crippen LogP contribution in [0.4, 0.5) is 13.2 Å². The molecular weight excluding hydrogens is 239 g/mol. The fraction of sp³-hybridized carbons (Fsp3) is 0.300. The van der Waals surface area contributed by atoms with Gasteiger partial charge in [0.2, 0.25) is 0 Å². The van der Waals surface area contributed by atoms with Gasteiger partial charge in [0.1, 0.15) is 0 Å². The van der Waals surface area contributed by atoms with Crippen molar-refractivity contribution in [1.29, 1.82) is 0 Å².